The smallest absolute Gasteiger partial charge is 0.272 e. The van der Waals surface area contributed by atoms with Crippen molar-refractivity contribution in [2.45, 2.75) is 18.9 Å². The number of amides is 1. The summed E-state index contributed by atoms with van der Waals surface area (Å²) in [4.78, 5) is 15.2. The maximum atomic E-state index is 13.0. The molecule has 0 bridgehead atoms. The molecule has 158 valence electrons. The summed E-state index contributed by atoms with van der Waals surface area (Å²) in [5.41, 5.74) is 3.40. The molecule has 1 unspecified atom stereocenters. The van der Waals surface area contributed by atoms with Gasteiger partial charge < -0.3 is 10.2 Å². The van der Waals surface area contributed by atoms with Crippen molar-refractivity contribution in [3.8, 4) is 11.3 Å². The number of nitrogens with one attached hydrogen (secondary N) is 2. The number of nitrogens with zero attached hydrogens (tertiary/aromatic N) is 4. The Morgan fingerprint density at radius 3 is 2.84 bits per heavy atom. The van der Waals surface area contributed by atoms with Crippen molar-refractivity contribution in [1.29, 1.82) is 0 Å². The third kappa shape index (κ3) is 3.88. The molecule has 1 aliphatic rings. The quantitative estimate of drug-likeness (QED) is 0.508. The van der Waals surface area contributed by atoms with Crippen molar-refractivity contribution in [2.24, 2.45) is 7.05 Å². The Hall–Kier alpha value is -3.32. The van der Waals surface area contributed by atoms with Gasteiger partial charge in [0.05, 0.1) is 11.2 Å². The fourth-order valence-electron chi connectivity index (χ4n) is 4.19. The average molecular weight is 435 g/mol. The van der Waals surface area contributed by atoms with Gasteiger partial charge >= 0.3 is 0 Å². The number of benzene rings is 2. The van der Waals surface area contributed by atoms with E-state index in [1.165, 1.54) is 0 Å². The van der Waals surface area contributed by atoms with Gasteiger partial charge in [-0.15, -0.1) is 0 Å². The summed E-state index contributed by atoms with van der Waals surface area (Å²) in [6.45, 7) is 1.62. The highest BCUT2D eigenvalue weighted by molar-refractivity contribution is 6.30. The summed E-state index contributed by atoms with van der Waals surface area (Å²) in [5.74, 6) is 0.750. The minimum atomic E-state index is -0.132. The molecular formula is C23H23ClN6O. The van der Waals surface area contributed by atoms with Gasteiger partial charge in [0.2, 0.25) is 0 Å². The number of hydrogen-bond acceptors (Lipinski definition) is 4. The van der Waals surface area contributed by atoms with Crippen LogP contribution in [0.4, 0.5) is 5.82 Å². The van der Waals surface area contributed by atoms with Crippen LogP contribution in [0.2, 0.25) is 5.02 Å². The molecule has 31 heavy (non-hydrogen) atoms. The zero-order chi connectivity index (χ0) is 21.4. The number of H-pyrrole nitrogens is 1. The molecule has 0 radical (unpaired) electrons. The molecule has 1 fully saturated rings. The Kier molecular flexibility index (Phi) is 5.11. The van der Waals surface area contributed by atoms with Crippen molar-refractivity contribution in [2.75, 3.05) is 18.0 Å². The summed E-state index contributed by atoms with van der Waals surface area (Å²) in [6.07, 6.45) is 1.92. The molecule has 4 aromatic rings. The lowest BCUT2D eigenvalue weighted by Crippen LogP contribution is -2.48. The minimum Gasteiger partial charge on any atom is -0.353 e. The summed E-state index contributed by atoms with van der Waals surface area (Å²) in [6, 6.07) is 17.5. The highest BCUT2D eigenvalue weighted by Gasteiger charge is 2.25. The van der Waals surface area contributed by atoms with Crippen LogP contribution < -0.4 is 10.2 Å². The van der Waals surface area contributed by atoms with Gasteiger partial charge in [0.25, 0.3) is 5.91 Å². The molecule has 2 aromatic carbocycles. The molecular weight excluding hydrogens is 412 g/mol. The van der Waals surface area contributed by atoms with E-state index in [0.717, 1.165) is 47.4 Å². The molecule has 1 aliphatic heterocycles. The van der Waals surface area contributed by atoms with E-state index in [1.54, 1.807) is 4.68 Å². The van der Waals surface area contributed by atoms with E-state index < -0.39 is 0 Å². The second-order valence-electron chi connectivity index (χ2n) is 7.89. The Labute approximate surface area is 185 Å². The van der Waals surface area contributed by atoms with Crippen molar-refractivity contribution in [3.05, 3.63) is 65.3 Å². The molecule has 1 saturated heterocycles. The molecule has 1 amide bonds. The van der Waals surface area contributed by atoms with Crippen LogP contribution >= 0.6 is 11.6 Å². The van der Waals surface area contributed by atoms with Gasteiger partial charge in [-0.2, -0.15) is 10.2 Å². The first-order chi connectivity index (χ1) is 15.1. The summed E-state index contributed by atoms with van der Waals surface area (Å²) in [5, 5.41) is 16.8. The number of carbonyl (C=O) groups is 1. The van der Waals surface area contributed by atoms with Crippen LogP contribution in [-0.2, 0) is 7.05 Å². The number of aromatic nitrogens is 4. The zero-order valence-electron chi connectivity index (χ0n) is 17.2. The number of halogens is 1. The summed E-state index contributed by atoms with van der Waals surface area (Å²) >= 11 is 5.99. The van der Waals surface area contributed by atoms with E-state index in [4.69, 9.17) is 11.6 Å². The fourth-order valence-corrected chi connectivity index (χ4v) is 4.31. The molecule has 1 atom stereocenters. The Balaban J connectivity index is 1.29. The second-order valence-corrected chi connectivity index (χ2v) is 8.33. The maximum absolute atomic E-state index is 13.0. The molecule has 8 heteroatoms. The number of aryl methyl sites for hydroxylation is 1. The van der Waals surface area contributed by atoms with Crippen LogP contribution in [0.15, 0.2) is 54.6 Å². The number of piperidine rings is 1. The number of carbonyl (C=O) groups excluding carboxylic acids is 1. The van der Waals surface area contributed by atoms with E-state index >= 15 is 0 Å². The summed E-state index contributed by atoms with van der Waals surface area (Å²) < 4.78 is 1.75. The van der Waals surface area contributed by atoms with Gasteiger partial charge in [-0.3, -0.25) is 14.6 Å². The predicted octanol–water partition coefficient (Wildman–Crippen LogP) is 4.02. The third-order valence-electron chi connectivity index (χ3n) is 5.77. The molecule has 2 aromatic heterocycles. The van der Waals surface area contributed by atoms with Gasteiger partial charge in [0, 0.05) is 42.7 Å². The average Bonchev–Trinajstić information content (AvgIpc) is 3.40. The van der Waals surface area contributed by atoms with Gasteiger partial charge in [-0.25, -0.2) is 0 Å². The molecule has 7 nitrogen and oxygen atoms in total. The highest BCUT2D eigenvalue weighted by Crippen LogP contribution is 2.25. The number of aromatic amines is 1. The zero-order valence-corrected chi connectivity index (χ0v) is 17.9. The van der Waals surface area contributed by atoms with Crippen molar-refractivity contribution in [3.63, 3.8) is 0 Å². The number of fused-ring (bicyclic) bond motifs is 1. The first-order valence-corrected chi connectivity index (χ1v) is 10.8. The maximum Gasteiger partial charge on any atom is 0.272 e. The molecule has 0 spiro atoms. The largest absolute Gasteiger partial charge is 0.353 e. The SMILES string of the molecule is Cn1nc(C(=O)NC2CCCN(c3cc(-c4ccc(Cl)cc4)[nH]n3)C2)c2ccccc21. The van der Waals surface area contributed by atoms with Gasteiger partial charge in [0.1, 0.15) is 0 Å². The highest BCUT2D eigenvalue weighted by atomic mass is 35.5. The first kappa shape index (κ1) is 19.6. The minimum absolute atomic E-state index is 0.0395. The van der Waals surface area contributed by atoms with E-state index in [9.17, 15) is 4.79 Å². The Morgan fingerprint density at radius 1 is 1.19 bits per heavy atom. The van der Waals surface area contributed by atoms with Crippen LogP contribution in [0.25, 0.3) is 22.2 Å². The van der Waals surface area contributed by atoms with Gasteiger partial charge in [-0.05, 0) is 36.6 Å². The lowest BCUT2D eigenvalue weighted by atomic mass is 10.0. The molecule has 2 N–H and O–H groups in total. The van der Waals surface area contributed by atoms with Crippen molar-refractivity contribution < 1.29 is 4.79 Å². The van der Waals surface area contributed by atoms with Crippen LogP contribution in [0, 0.1) is 0 Å². The molecule has 0 saturated carbocycles. The Morgan fingerprint density at radius 2 is 2.00 bits per heavy atom. The van der Waals surface area contributed by atoms with Crippen LogP contribution in [0.3, 0.4) is 0 Å². The second kappa shape index (κ2) is 8.07. The van der Waals surface area contributed by atoms with Gasteiger partial charge in [0.15, 0.2) is 11.5 Å². The topological polar surface area (TPSA) is 78.8 Å². The van der Waals surface area contributed by atoms with E-state index in [-0.39, 0.29) is 11.9 Å². The first-order valence-electron chi connectivity index (χ1n) is 10.4. The van der Waals surface area contributed by atoms with Crippen molar-refractivity contribution >= 4 is 34.2 Å². The summed E-state index contributed by atoms with van der Waals surface area (Å²) in [7, 11) is 1.86. The molecule has 3 heterocycles. The fraction of sp³-hybridized carbons (Fsp3) is 0.261. The molecule has 5 rings (SSSR count). The lowest BCUT2D eigenvalue weighted by Gasteiger charge is -2.33. The molecule has 0 aliphatic carbocycles. The van der Waals surface area contributed by atoms with E-state index in [2.05, 4.69) is 25.5 Å². The standard InChI is InChI=1S/C23H23ClN6O/c1-29-20-7-3-2-6-18(20)22(28-29)23(31)25-17-5-4-12-30(14-17)21-13-19(26-27-21)15-8-10-16(24)11-9-15/h2-3,6-11,13,17H,4-5,12,14H2,1H3,(H,25,31)(H,26,27). The monoisotopic (exact) mass is 434 g/mol. The van der Waals surface area contributed by atoms with Crippen LogP contribution in [0.1, 0.15) is 23.3 Å². The number of para-hydroxylation sites is 1. The lowest BCUT2D eigenvalue weighted by molar-refractivity contribution is 0.0929. The predicted molar refractivity (Wildman–Crippen MR) is 122 cm³/mol. The third-order valence-corrected chi connectivity index (χ3v) is 6.03. The number of rotatable bonds is 4. The number of hydrogen-bond donors (Lipinski definition) is 2. The van der Waals surface area contributed by atoms with Gasteiger partial charge in [-0.1, -0.05) is 41.9 Å². The van der Waals surface area contributed by atoms with E-state index in [0.29, 0.717) is 17.3 Å². The van der Waals surface area contributed by atoms with Crippen molar-refractivity contribution in [1.82, 2.24) is 25.3 Å². The van der Waals surface area contributed by atoms with Crippen LogP contribution in [0.5, 0.6) is 0 Å². The van der Waals surface area contributed by atoms with Crippen LogP contribution in [-0.4, -0.2) is 45.0 Å². The Bertz CT molecular complexity index is 1230. The number of anilines is 1. The van der Waals surface area contributed by atoms with E-state index in [1.807, 2.05) is 61.6 Å². The normalized spacial score (nSPS) is 16.6.